The molecule has 1 heterocycles. The highest BCUT2D eigenvalue weighted by molar-refractivity contribution is 6.48. The maximum atomic E-state index is 13.3. The van der Waals surface area contributed by atoms with Crippen LogP contribution in [0.25, 0.3) is 0 Å². The summed E-state index contributed by atoms with van der Waals surface area (Å²) in [6.07, 6.45) is 2.83. The van der Waals surface area contributed by atoms with Crippen LogP contribution in [0.2, 0.25) is 0 Å². The molecule has 4 nitrogen and oxygen atoms in total. The topological polar surface area (TPSA) is 63.6 Å². The summed E-state index contributed by atoms with van der Waals surface area (Å²) < 4.78 is 13.3. The molecule has 1 rings (SSSR count). The minimum absolute atomic E-state index is 0.148. The first kappa shape index (κ1) is 15.8. The summed E-state index contributed by atoms with van der Waals surface area (Å²) in [6, 6.07) is 1.98. The van der Waals surface area contributed by atoms with Crippen molar-refractivity contribution in [1.29, 1.82) is 0 Å². The standard InChI is InChI=1S/C15H19FN4/c1-9-6-13(11(3)19-7-9)15(18-5)12(4)20-8-14(16)10(2)17/h6-8H,2,17H2,1,3-5H3/b14-8+,18-15-,20-12+. The smallest absolute Gasteiger partial charge is 0.163 e. The Morgan fingerprint density at radius 2 is 2.10 bits per heavy atom. The van der Waals surface area contributed by atoms with Gasteiger partial charge in [0.25, 0.3) is 0 Å². The van der Waals surface area contributed by atoms with Crippen molar-refractivity contribution < 1.29 is 4.39 Å². The molecule has 0 radical (unpaired) electrons. The van der Waals surface area contributed by atoms with Gasteiger partial charge in [-0.15, -0.1) is 0 Å². The quantitative estimate of drug-likeness (QED) is 0.677. The van der Waals surface area contributed by atoms with E-state index in [9.17, 15) is 4.39 Å². The van der Waals surface area contributed by atoms with Gasteiger partial charge in [0.1, 0.15) is 0 Å². The van der Waals surface area contributed by atoms with E-state index in [1.54, 1.807) is 20.2 Å². The van der Waals surface area contributed by atoms with Gasteiger partial charge in [-0.3, -0.25) is 15.0 Å². The zero-order valence-corrected chi connectivity index (χ0v) is 12.2. The first-order valence-electron chi connectivity index (χ1n) is 6.12. The maximum Gasteiger partial charge on any atom is 0.163 e. The number of hydrogen-bond donors (Lipinski definition) is 1. The van der Waals surface area contributed by atoms with Crippen LogP contribution in [-0.2, 0) is 0 Å². The molecule has 0 aliphatic carbocycles. The van der Waals surface area contributed by atoms with E-state index in [2.05, 4.69) is 21.5 Å². The fraction of sp³-hybridized carbons (Fsp3) is 0.267. The molecular weight excluding hydrogens is 255 g/mol. The van der Waals surface area contributed by atoms with Gasteiger partial charge in [0.15, 0.2) is 5.83 Å². The molecule has 1 aromatic rings. The summed E-state index contributed by atoms with van der Waals surface area (Å²) in [6.45, 7) is 8.91. The molecular formula is C15H19FN4. The Bertz CT molecular complexity index is 612. The number of rotatable bonds is 4. The first-order chi connectivity index (χ1) is 9.36. The third-order valence-corrected chi connectivity index (χ3v) is 2.72. The van der Waals surface area contributed by atoms with Crippen LogP contribution >= 0.6 is 0 Å². The van der Waals surface area contributed by atoms with E-state index in [1.165, 1.54) is 0 Å². The predicted octanol–water partition coefficient (Wildman–Crippen LogP) is 2.86. The van der Waals surface area contributed by atoms with Crippen LogP contribution in [-0.4, -0.2) is 23.5 Å². The van der Waals surface area contributed by atoms with E-state index < -0.39 is 5.83 Å². The number of allylic oxidation sites excluding steroid dienone is 1. The Morgan fingerprint density at radius 1 is 1.45 bits per heavy atom. The molecule has 5 heteroatoms. The predicted molar refractivity (Wildman–Crippen MR) is 81.8 cm³/mol. The van der Waals surface area contributed by atoms with Gasteiger partial charge < -0.3 is 5.73 Å². The molecule has 20 heavy (non-hydrogen) atoms. The molecule has 0 saturated carbocycles. The lowest BCUT2D eigenvalue weighted by molar-refractivity contribution is 0.646. The van der Waals surface area contributed by atoms with Gasteiger partial charge in [0.2, 0.25) is 0 Å². The van der Waals surface area contributed by atoms with Gasteiger partial charge in [-0.05, 0) is 32.4 Å². The Kier molecular flexibility index (Phi) is 5.32. The molecule has 0 spiro atoms. The average molecular weight is 274 g/mol. The highest BCUT2D eigenvalue weighted by Gasteiger charge is 2.10. The fourth-order valence-corrected chi connectivity index (χ4v) is 1.65. The second-order valence-corrected chi connectivity index (χ2v) is 4.43. The number of aryl methyl sites for hydroxylation is 2. The van der Waals surface area contributed by atoms with Crippen molar-refractivity contribution in [3.8, 4) is 0 Å². The van der Waals surface area contributed by atoms with E-state index in [-0.39, 0.29) is 5.70 Å². The number of nitrogens with two attached hydrogens (primary N) is 1. The van der Waals surface area contributed by atoms with E-state index in [1.807, 2.05) is 19.9 Å². The molecule has 0 fully saturated rings. The van der Waals surface area contributed by atoms with Crippen LogP contribution < -0.4 is 5.73 Å². The number of aromatic nitrogens is 1. The van der Waals surface area contributed by atoms with Crippen molar-refractivity contribution in [2.75, 3.05) is 7.05 Å². The van der Waals surface area contributed by atoms with Crippen molar-refractivity contribution in [3.05, 3.63) is 53.4 Å². The number of nitrogens with zero attached hydrogens (tertiary/aromatic N) is 3. The lowest BCUT2D eigenvalue weighted by Crippen LogP contribution is -2.14. The highest BCUT2D eigenvalue weighted by Crippen LogP contribution is 2.11. The highest BCUT2D eigenvalue weighted by atomic mass is 19.1. The number of halogens is 1. The van der Waals surface area contributed by atoms with Crippen molar-refractivity contribution in [2.45, 2.75) is 20.8 Å². The molecule has 0 aliphatic heterocycles. The van der Waals surface area contributed by atoms with Gasteiger partial charge in [0, 0.05) is 24.5 Å². The molecule has 2 N–H and O–H groups in total. The molecule has 0 atom stereocenters. The molecule has 0 amide bonds. The molecule has 1 aromatic heterocycles. The zero-order valence-electron chi connectivity index (χ0n) is 12.2. The van der Waals surface area contributed by atoms with Gasteiger partial charge in [-0.1, -0.05) is 6.58 Å². The number of hydrogen-bond acceptors (Lipinski definition) is 4. The summed E-state index contributed by atoms with van der Waals surface area (Å²) in [5.41, 5.74) is 9.10. The van der Waals surface area contributed by atoms with Crippen LogP contribution in [0.1, 0.15) is 23.7 Å². The van der Waals surface area contributed by atoms with Gasteiger partial charge in [-0.2, -0.15) is 0 Å². The summed E-state index contributed by atoms with van der Waals surface area (Å²) >= 11 is 0. The van der Waals surface area contributed by atoms with Gasteiger partial charge in [0.05, 0.1) is 23.3 Å². The lowest BCUT2D eigenvalue weighted by Gasteiger charge is -2.09. The summed E-state index contributed by atoms with van der Waals surface area (Å²) in [7, 11) is 1.66. The average Bonchev–Trinajstić information content (AvgIpc) is 2.40. The Balaban J connectivity index is 3.21. The summed E-state index contributed by atoms with van der Waals surface area (Å²) in [4.78, 5) is 12.6. The van der Waals surface area contributed by atoms with E-state index in [0.29, 0.717) is 11.4 Å². The second kappa shape index (κ2) is 6.75. The lowest BCUT2D eigenvalue weighted by atomic mass is 10.0. The van der Waals surface area contributed by atoms with Crippen molar-refractivity contribution in [1.82, 2.24) is 4.98 Å². The van der Waals surface area contributed by atoms with Crippen molar-refractivity contribution >= 4 is 11.4 Å². The maximum absolute atomic E-state index is 13.3. The van der Waals surface area contributed by atoms with Gasteiger partial charge >= 0.3 is 0 Å². The zero-order chi connectivity index (χ0) is 15.3. The van der Waals surface area contributed by atoms with E-state index in [0.717, 1.165) is 23.0 Å². The largest absolute Gasteiger partial charge is 0.397 e. The SMILES string of the molecule is C=C(N)\C(F)=C/N=C(C)/C(=N/C)c1cc(C)cnc1C. The molecule has 0 aromatic carbocycles. The molecule has 106 valence electrons. The number of aliphatic imine (C=N–C) groups is 2. The van der Waals surface area contributed by atoms with E-state index >= 15 is 0 Å². The molecule has 0 bridgehead atoms. The summed E-state index contributed by atoms with van der Waals surface area (Å²) in [5.74, 6) is -0.654. The monoisotopic (exact) mass is 274 g/mol. The van der Waals surface area contributed by atoms with Crippen LogP contribution in [0.5, 0.6) is 0 Å². The Hall–Kier alpha value is -2.30. The van der Waals surface area contributed by atoms with Crippen LogP contribution in [0.3, 0.4) is 0 Å². The minimum atomic E-state index is -0.654. The van der Waals surface area contributed by atoms with E-state index in [4.69, 9.17) is 5.73 Å². The van der Waals surface area contributed by atoms with Crippen LogP contribution in [0.15, 0.2) is 46.6 Å². The Morgan fingerprint density at radius 3 is 2.65 bits per heavy atom. The third kappa shape index (κ3) is 3.85. The van der Waals surface area contributed by atoms with Crippen LogP contribution in [0, 0.1) is 13.8 Å². The van der Waals surface area contributed by atoms with Gasteiger partial charge in [-0.25, -0.2) is 4.39 Å². The Labute approximate surface area is 118 Å². The summed E-state index contributed by atoms with van der Waals surface area (Å²) in [5, 5.41) is 0. The molecule has 0 unspecified atom stereocenters. The molecule has 0 saturated heterocycles. The second-order valence-electron chi connectivity index (χ2n) is 4.43. The minimum Gasteiger partial charge on any atom is -0.397 e. The first-order valence-corrected chi connectivity index (χ1v) is 6.12. The van der Waals surface area contributed by atoms with Crippen LogP contribution in [0.4, 0.5) is 4.39 Å². The molecule has 0 aliphatic rings. The van der Waals surface area contributed by atoms with Crippen molar-refractivity contribution in [3.63, 3.8) is 0 Å². The fourth-order valence-electron chi connectivity index (χ4n) is 1.65. The normalized spacial score (nSPS) is 13.6. The third-order valence-electron chi connectivity index (χ3n) is 2.72. The van der Waals surface area contributed by atoms with Crippen molar-refractivity contribution in [2.24, 2.45) is 15.7 Å². The number of pyridine rings is 1.